The molecule has 2 aliphatic heterocycles. The van der Waals surface area contributed by atoms with Crippen molar-refractivity contribution in [3.8, 4) is 17.6 Å². The van der Waals surface area contributed by atoms with Gasteiger partial charge in [-0.2, -0.15) is 5.26 Å². The molecule has 196 valence electrons. The normalized spacial score (nSPS) is 23.5. The third kappa shape index (κ3) is 5.27. The predicted octanol–water partition coefficient (Wildman–Crippen LogP) is 4.94. The molecule has 2 atom stereocenters. The van der Waals surface area contributed by atoms with E-state index in [1.54, 1.807) is 36.4 Å². The van der Waals surface area contributed by atoms with Crippen LogP contribution in [0.2, 0.25) is 5.02 Å². The van der Waals surface area contributed by atoms with E-state index in [-0.39, 0.29) is 29.6 Å². The second-order valence-corrected chi connectivity index (χ2v) is 10.5. The monoisotopic (exact) mass is 526 g/mol. The molecule has 5 rings (SSSR count). The predicted molar refractivity (Wildman–Crippen MR) is 138 cm³/mol. The number of piperidine rings is 1. The Morgan fingerprint density at radius 3 is 2.62 bits per heavy atom. The summed E-state index contributed by atoms with van der Waals surface area (Å²) in [6.07, 6.45) is 3.90. The van der Waals surface area contributed by atoms with E-state index >= 15 is 0 Å². The number of amides is 1. The first-order chi connectivity index (χ1) is 17.8. The van der Waals surface area contributed by atoms with Crippen LogP contribution in [0.4, 0.5) is 16.3 Å². The van der Waals surface area contributed by atoms with Crippen molar-refractivity contribution in [2.75, 3.05) is 38.7 Å². The van der Waals surface area contributed by atoms with Gasteiger partial charge in [-0.25, -0.2) is 9.78 Å². The van der Waals surface area contributed by atoms with Crippen LogP contribution in [0.1, 0.15) is 37.8 Å². The van der Waals surface area contributed by atoms with Gasteiger partial charge in [-0.1, -0.05) is 18.5 Å². The van der Waals surface area contributed by atoms with Crippen molar-refractivity contribution in [2.45, 2.75) is 44.8 Å². The summed E-state index contributed by atoms with van der Waals surface area (Å²) in [5.41, 5.74) is 1.67. The summed E-state index contributed by atoms with van der Waals surface area (Å²) in [5.74, 6) is 1.55. The number of halogens is 1. The number of nitrogens with zero attached hydrogens (tertiary/aromatic N) is 3. The molecule has 37 heavy (non-hydrogen) atoms. The van der Waals surface area contributed by atoms with E-state index in [9.17, 15) is 4.79 Å². The molecule has 2 aromatic rings. The largest absolute Gasteiger partial charge is 0.490 e. The lowest BCUT2D eigenvalue weighted by Gasteiger charge is -2.46. The highest BCUT2D eigenvalue weighted by atomic mass is 35.5. The minimum atomic E-state index is -0.308. The molecule has 3 heterocycles. The summed E-state index contributed by atoms with van der Waals surface area (Å²) >= 11 is 6.39. The zero-order valence-corrected chi connectivity index (χ0v) is 22.0. The summed E-state index contributed by atoms with van der Waals surface area (Å²) in [7, 11) is 1.58. The zero-order chi connectivity index (χ0) is 26.2. The Balaban J connectivity index is 1.39. The average Bonchev–Trinajstić information content (AvgIpc) is 3.61. The smallest absolute Gasteiger partial charge is 0.410 e. The first-order valence-electron chi connectivity index (χ1n) is 12.6. The molecule has 0 spiro atoms. The van der Waals surface area contributed by atoms with Crippen LogP contribution in [0.3, 0.4) is 0 Å². The van der Waals surface area contributed by atoms with Gasteiger partial charge in [-0.15, -0.1) is 0 Å². The van der Waals surface area contributed by atoms with Crippen LogP contribution in [0.25, 0.3) is 0 Å². The molecule has 1 aliphatic carbocycles. The maximum atomic E-state index is 12.8. The molecule has 1 amide bonds. The van der Waals surface area contributed by atoms with Crippen LogP contribution < -0.4 is 14.8 Å². The Hall–Kier alpha value is -3.22. The van der Waals surface area contributed by atoms with Gasteiger partial charge in [0.25, 0.3) is 0 Å². The second-order valence-electron chi connectivity index (χ2n) is 10.1. The number of fused-ring (bicyclic) bond motifs is 2. The molecule has 0 radical (unpaired) electrons. The van der Waals surface area contributed by atoms with Gasteiger partial charge in [0.15, 0.2) is 11.6 Å². The van der Waals surface area contributed by atoms with Crippen LogP contribution in [0.15, 0.2) is 24.4 Å². The lowest BCUT2D eigenvalue weighted by molar-refractivity contribution is -0.111. The van der Waals surface area contributed by atoms with E-state index in [4.69, 9.17) is 35.8 Å². The van der Waals surface area contributed by atoms with Crippen LogP contribution in [0.5, 0.6) is 11.5 Å². The number of anilines is 2. The van der Waals surface area contributed by atoms with Crippen LogP contribution >= 0.6 is 11.6 Å². The fourth-order valence-electron chi connectivity index (χ4n) is 4.92. The van der Waals surface area contributed by atoms with Gasteiger partial charge in [0, 0.05) is 36.7 Å². The van der Waals surface area contributed by atoms with Gasteiger partial charge in [-0.3, -0.25) is 0 Å². The van der Waals surface area contributed by atoms with Crippen molar-refractivity contribution in [1.82, 2.24) is 9.88 Å². The van der Waals surface area contributed by atoms with Crippen LogP contribution in [-0.2, 0) is 15.9 Å². The van der Waals surface area contributed by atoms with Gasteiger partial charge in [-0.05, 0) is 44.4 Å². The van der Waals surface area contributed by atoms with Gasteiger partial charge in [0.2, 0.25) is 5.75 Å². The molecule has 2 saturated heterocycles. The lowest BCUT2D eigenvalue weighted by atomic mass is 9.84. The molecule has 1 saturated carbocycles. The number of aromatic nitrogens is 1. The van der Waals surface area contributed by atoms with Crippen molar-refractivity contribution in [1.29, 1.82) is 5.26 Å². The summed E-state index contributed by atoms with van der Waals surface area (Å²) in [4.78, 5) is 19.2. The number of hydrogen-bond donors (Lipinski definition) is 1. The van der Waals surface area contributed by atoms with Gasteiger partial charge >= 0.3 is 6.09 Å². The molecular weight excluding hydrogens is 496 g/mol. The van der Waals surface area contributed by atoms with Gasteiger partial charge < -0.3 is 29.2 Å². The Morgan fingerprint density at radius 1 is 1.30 bits per heavy atom. The van der Waals surface area contributed by atoms with Crippen LogP contribution in [0, 0.1) is 23.2 Å². The zero-order valence-electron chi connectivity index (χ0n) is 21.3. The van der Waals surface area contributed by atoms with Crippen molar-refractivity contribution in [3.63, 3.8) is 0 Å². The maximum absolute atomic E-state index is 12.8. The van der Waals surface area contributed by atoms with Crippen molar-refractivity contribution in [2.24, 2.45) is 11.8 Å². The average molecular weight is 527 g/mol. The minimum absolute atomic E-state index is 0.000911. The second kappa shape index (κ2) is 10.3. The maximum Gasteiger partial charge on any atom is 0.410 e. The Bertz CT molecular complexity index is 1210. The molecule has 1 aromatic carbocycles. The molecule has 9 nitrogen and oxygen atoms in total. The molecular formula is C27H31ClN4O5. The molecule has 3 fully saturated rings. The SMILES string of the molecule is CCc1cnc(Nc2ccc(C#N)cc2Cl)c(OC)c1OC1C2COCC1CN(C(=O)OC1(C)CC1)C2. The number of methoxy groups -OCH3 is 1. The third-order valence-corrected chi connectivity index (χ3v) is 7.61. The molecule has 2 bridgehead atoms. The number of ether oxygens (including phenoxy) is 4. The van der Waals surface area contributed by atoms with E-state index in [0.717, 1.165) is 18.4 Å². The summed E-state index contributed by atoms with van der Waals surface area (Å²) < 4.78 is 24.1. The number of likely N-dealkylation sites (tertiary alicyclic amines) is 1. The quantitative estimate of drug-likeness (QED) is 0.541. The first-order valence-corrected chi connectivity index (χ1v) is 13.0. The minimum Gasteiger partial charge on any atom is -0.490 e. The van der Waals surface area contributed by atoms with E-state index in [2.05, 4.69) is 16.4 Å². The lowest BCUT2D eigenvalue weighted by Crippen LogP contribution is -2.59. The number of hydrogen-bond acceptors (Lipinski definition) is 8. The fraction of sp³-hybridized carbons (Fsp3) is 0.519. The number of nitriles is 1. The molecule has 10 heteroatoms. The number of carbonyl (C=O) groups is 1. The molecule has 3 aliphatic rings. The molecule has 1 aromatic heterocycles. The van der Waals surface area contributed by atoms with Crippen molar-refractivity contribution < 1.29 is 23.7 Å². The highest BCUT2D eigenvalue weighted by Crippen LogP contribution is 2.43. The molecule has 1 N–H and O–H groups in total. The fourth-order valence-corrected chi connectivity index (χ4v) is 5.14. The third-order valence-electron chi connectivity index (χ3n) is 7.30. The van der Waals surface area contributed by atoms with E-state index < -0.39 is 0 Å². The van der Waals surface area contributed by atoms with Crippen LogP contribution in [-0.4, -0.2) is 61.1 Å². The van der Waals surface area contributed by atoms with E-state index in [1.165, 1.54) is 0 Å². The van der Waals surface area contributed by atoms with Gasteiger partial charge in [0.1, 0.15) is 11.7 Å². The van der Waals surface area contributed by atoms with Crippen molar-refractivity contribution in [3.05, 3.63) is 40.5 Å². The number of nitrogens with one attached hydrogen (secondary N) is 1. The molecule has 2 unspecified atom stereocenters. The first kappa shape index (κ1) is 25.4. The summed E-state index contributed by atoms with van der Waals surface area (Å²) in [6.45, 7) is 6.04. The highest BCUT2D eigenvalue weighted by Gasteiger charge is 2.47. The Morgan fingerprint density at radius 2 is 2.03 bits per heavy atom. The number of aryl methyl sites for hydroxylation is 1. The van der Waals surface area contributed by atoms with Crippen molar-refractivity contribution >= 4 is 29.2 Å². The topological polar surface area (TPSA) is 106 Å². The number of pyridine rings is 1. The number of carbonyl (C=O) groups excluding carboxylic acids is 1. The Labute approximate surface area is 221 Å². The number of benzene rings is 1. The number of rotatable bonds is 7. The summed E-state index contributed by atoms with van der Waals surface area (Å²) in [6, 6.07) is 7.09. The van der Waals surface area contributed by atoms with E-state index in [1.807, 2.05) is 13.8 Å². The van der Waals surface area contributed by atoms with Gasteiger partial charge in [0.05, 0.1) is 42.7 Å². The highest BCUT2D eigenvalue weighted by molar-refractivity contribution is 6.33. The summed E-state index contributed by atoms with van der Waals surface area (Å²) in [5, 5.41) is 12.7. The Kier molecular flexibility index (Phi) is 7.06. The standard InChI is InChI=1S/C27H31ClN4O5/c1-4-17-11-30-25(31-21-6-5-16(10-29)9-20(21)28)24(34-3)23(17)36-22-18-12-32(13-19(22)15-35-14-18)26(33)37-27(2)7-8-27/h5-6,9,11,18-19,22H,4,7-8,12-15H2,1-3H3,(H,30,31). The van der Waals surface area contributed by atoms with E-state index in [0.29, 0.717) is 66.3 Å².